The molecule has 0 saturated carbocycles. The summed E-state index contributed by atoms with van der Waals surface area (Å²) in [5.74, 6) is 0.788. The van der Waals surface area contributed by atoms with Crippen LogP contribution in [-0.4, -0.2) is 41.9 Å². The van der Waals surface area contributed by atoms with Gasteiger partial charge < -0.3 is 10.0 Å². The molecule has 0 aliphatic carbocycles. The summed E-state index contributed by atoms with van der Waals surface area (Å²) in [6, 6.07) is 7.55. The van der Waals surface area contributed by atoms with E-state index in [0.717, 1.165) is 10.6 Å². The van der Waals surface area contributed by atoms with Crippen LogP contribution in [0.5, 0.6) is 0 Å². The molecule has 1 aromatic rings. The van der Waals surface area contributed by atoms with Gasteiger partial charge in [0, 0.05) is 35.7 Å². The topological polar surface area (TPSA) is 40.5 Å². The number of hydrogen-bond acceptors (Lipinski definition) is 3. The molecule has 0 unspecified atom stereocenters. The quantitative estimate of drug-likeness (QED) is 0.809. The van der Waals surface area contributed by atoms with Crippen LogP contribution in [0.15, 0.2) is 29.2 Å². The van der Waals surface area contributed by atoms with Crippen LogP contribution in [0.4, 0.5) is 0 Å². The van der Waals surface area contributed by atoms with Crippen molar-refractivity contribution < 1.29 is 9.90 Å². The first-order valence-electron chi connectivity index (χ1n) is 5.36. The van der Waals surface area contributed by atoms with Crippen LogP contribution in [0.1, 0.15) is 6.42 Å². The smallest absolute Gasteiger partial charge is 0.223 e. The maximum absolute atomic E-state index is 11.6. The van der Waals surface area contributed by atoms with Crippen LogP contribution >= 0.6 is 23.4 Å². The Labute approximate surface area is 111 Å². The molecule has 0 bridgehead atoms. The monoisotopic (exact) mass is 273 g/mol. The Morgan fingerprint density at radius 3 is 2.65 bits per heavy atom. The molecule has 0 saturated heterocycles. The zero-order valence-corrected chi connectivity index (χ0v) is 11.3. The Morgan fingerprint density at radius 2 is 2.06 bits per heavy atom. The van der Waals surface area contributed by atoms with Crippen LogP contribution in [0.2, 0.25) is 5.02 Å². The number of nitrogens with zero attached hydrogens (tertiary/aromatic N) is 1. The molecule has 0 heterocycles. The number of hydrogen-bond donors (Lipinski definition) is 1. The molecular weight excluding hydrogens is 258 g/mol. The second-order valence-electron chi connectivity index (χ2n) is 3.59. The second kappa shape index (κ2) is 7.58. The summed E-state index contributed by atoms with van der Waals surface area (Å²) in [5, 5.41) is 9.42. The fourth-order valence-electron chi connectivity index (χ4n) is 1.25. The van der Waals surface area contributed by atoms with Gasteiger partial charge in [0.15, 0.2) is 0 Å². The third-order valence-electron chi connectivity index (χ3n) is 2.26. The fourth-order valence-corrected chi connectivity index (χ4v) is 2.22. The van der Waals surface area contributed by atoms with Gasteiger partial charge in [0.1, 0.15) is 0 Å². The molecule has 0 aliphatic heterocycles. The number of halogens is 1. The first kappa shape index (κ1) is 14.4. The van der Waals surface area contributed by atoms with Crippen molar-refractivity contribution in [3.8, 4) is 0 Å². The van der Waals surface area contributed by atoms with Gasteiger partial charge in [0.2, 0.25) is 5.91 Å². The highest BCUT2D eigenvalue weighted by Crippen LogP contribution is 2.21. The van der Waals surface area contributed by atoms with E-state index in [0.29, 0.717) is 18.0 Å². The Bertz CT molecular complexity index is 356. The Balaban J connectivity index is 2.28. The third kappa shape index (κ3) is 5.44. The van der Waals surface area contributed by atoms with E-state index in [2.05, 4.69) is 0 Å². The van der Waals surface area contributed by atoms with E-state index in [1.54, 1.807) is 23.7 Å². The van der Waals surface area contributed by atoms with Gasteiger partial charge in [-0.25, -0.2) is 0 Å². The minimum absolute atomic E-state index is 0.00652. The molecular formula is C12H16ClNO2S. The zero-order valence-electron chi connectivity index (χ0n) is 9.73. The van der Waals surface area contributed by atoms with Crippen molar-refractivity contribution in [2.45, 2.75) is 11.3 Å². The van der Waals surface area contributed by atoms with E-state index < -0.39 is 0 Å². The number of likely N-dealkylation sites (N-methyl/N-ethyl adjacent to an activating group) is 1. The second-order valence-corrected chi connectivity index (χ2v) is 5.20. The van der Waals surface area contributed by atoms with Crippen molar-refractivity contribution in [3.63, 3.8) is 0 Å². The maximum atomic E-state index is 11.6. The van der Waals surface area contributed by atoms with E-state index in [1.165, 1.54) is 0 Å². The molecule has 1 N–H and O–H groups in total. The lowest BCUT2D eigenvalue weighted by molar-refractivity contribution is -0.129. The molecule has 0 aromatic heterocycles. The van der Waals surface area contributed by atoms with Crippen molar-refractivity contribution in [2.75, 3.05) is 26.0 Å². The summed E-state index contributed by atoms with van der Waals surface area (Å²) in [6.07, 6.45) is 0.476. The van der Waals surface area contributed by atoms with Crippen molar-refractivity contribution in [1.82, 2.24) is 4.90 Å². The molecule has 3 nitrogen and oxygen atoms in total. The standard InChI is InChI=1S/C12H16ClNO2S/c1-14(7-8-15)12(16)6-9-17-11-4-2-10(13)3-5-11/h2-5,15H,6-9H2,1H3. The van der Waals surface area contributed by atoms with Crippen LogP contribution < -0.4 is 0 Å². The highest BCUT2D eigenvalue weighted by atomic mass is 35.5. The molecule has 17 heavy (non-hydrogen) atoms. The lowest BCUT2D eigenvalue weighted by Crippen LogP contribution is -2.29. The number of thioether (sulfide) groups is 1. The number of rotatable bonds is 6. The molecule has 0 fully saturated rings. The summed E-state index contributed by atoms with van der Waals surface area (Å²) in [7, 11) is 1.70. The lowest BCUT2D eigenvalue weighted by Gasteiger charge is -2.15. The maximum Gasteiger partial charge on any atom is 0.223 e. The molecule has 0 aliphatic rings. The van der Waals surface area contributed by atoms with Gasteiger partial charge in [-0.15, -0.1) is 11.8 Å². The van der Waals surface area contributed by atoms with Gasteiger partial charge in [-0.2, -0.15) is 0 Å². The summed E-state index contributed by atoms with van der Waals surface area (Å²) < 4.78 is 0. The average Bonchev–Trinajstić information content (AvgIpc) is 2.32. The summed E-state index contributed by atoms with van der Waals surface area (Å²) in [6.45, 7) is 0.400. The number of aliphatic hydroxyl groups is 1. The first-order valence-corrected chi connectivity index (χ1v) is 6.73. The van der Waals surface area contributed by atoms with Gasteiger partial charge in [0.05, 0.1) is 6.61 Å². The highest BCUT2D eigenvalue weighted by Gasteiger charge is 2.07. The number of benzene rings is 1. The predicted molar refractivity (Wildman–Crippen MR) is 71.5 cm³/mol. The number of aliphatic hydroxyl groups excluding tert-OH is 1. The van der Waals surface area contributed by atoms with E-state index in [-0.39, 0.29) is 12.5 Å². The van der Waals surface area contributed by atoms with E-state index in [9.17, 15) is 4.79 Å². The molecule has 1 aromatic carbocycles. The van der Waals surface area contributed by atoms with Crippen LogP contribution in [0, 0.1) is 0 Å². The molecule has 1 amide bonds. The summed E-state index contributed by atoms with van der Waals surface area (Å²) >= 11 is 7.40. The van der Waals surface area contributed by atoms with Gasteiger partial charge in [-0.3, -0.25) is 4.79 Å². The van der Waals surface area contributed by atoms with Gasteiger partial charge >= 0.3 is 0 Å². The first-order chi connectivity index (χ1) is 8.13. The minimum atomic E-state index is 0.00652. The molecule has 94 valence electrons. The lowest BCUT2D eigenvalue weighted by atomic mass is 10.4. The molecule has 1 rings (SSSR count). The summed E-state index contributed by atoms with van der Waals surface area (Å²) in [4.78, 5) is 14.2. The average molecular weight is 274 g/mol. The Morgan fingerprint density at radius 1 is 1.41 bits per heavy atom. The van der Waals surface area contributed by atoms with Crippen molar-refractivity contribution in [1.29, 1.82) is 0 Å². The SMILES string of the molecule is CN(CCO)C(=O)CCSc1ccc(Cl)cc1. The minimum Gasteiger partial charge on any atom is -0.395 e. The largest absolute Gasteiger partial charge is 0.395 e. The van der Waals surface area contributed by atoms with Crippen LogP contribution in [-0.2, 0) is 4.79 Å². The van der Waals surface area contributed by atoms with Crippen molar-refractivity contribution in [3.05, 3.63) is 29.3 Å². The van der Waals surface area contributed by atoms with E-state index in [1.807, 2.05) is 24.3 Å². The van der Waals surface area contributed by atoms with E-state index >= 15 is 0 Å². The Kier molecular flexibility index (Phi) is 6.40. The van der Waals surface area contributed by atoms with E-state index in [4.69, 9.17) is 16.7 Å². The molecule has 5 heteroatoms. The van der Waals surface area contributed by atoms with Gasteiger partial charge in [-0.1, -0.05) is 11.6 Å². The normalized spacial score (nSPS) is 10.3. The number of amides is 1. The fraction of sp³-hybridized carbons (Fsp3) is 0.417. The van der Waals surface area contributed by atoms with Crippen molar-refractivity contribution >= 4 is 29.3 Å². The zero-order chi connectivity index (χ0) is 12.7. The highest BCUT2D eigenvalue weighted by molar-refractivity contribution is 7.99. The molecule has 0 radical (unpaired) electrons. The summed E-state index contributed by atoms with van der Waals surface area (Å²) in [5.41, 5.74) is 0. The van der Waals surface area contributed by atoms with Gasteiger partial charge in [0.25, 0.3) is 0 Å². The Hall–Kier alpha value is -0.710. The van der Waals surface area contributed by atoms with Gasteiger partial charge in [-0.05, 0) is 24.3 Å². The van der Waals surface area contributed by atoms with Crippen molar-refractivity contribution in [2.24, 2.45) is 0 Å². The molecule has 0 spiro atoms. The predicted octanol–water partition coefficient (Wildman–Crippen LogP) is 2.27. The van der Waals surface area contributed by atoms with Crippen LogP contribution in [0.3, 0.4) is 0 Å². The number of carbonyl (C=O) groups excluding carboxylic acids is 1. The molecule has 0 atom stereocenters. The third-order valence-corrected chi connectivity index (χ3v) is 3.53. The van der Waals surface area contributed by atoms with Crippen LogP contribution in [0.25, 0.3) is 0 Å². The number of carbonyl (C=O) groups is 1.